The Balaban J connectivity index is 1.49. The van der Waals surface area contributed by atoms with Gasteiger partial charge in [0.05, 0.1) is 12.2 Å². The van der Waals surface area contributed by atoms with Gasteiger partial charge < -0.3 is 10.2 Å². The fraction of sp³-hybridized carbons (Fsp3) is 0.655. The molecule has 0 bridgehead atoms. The molecular weight excluding hydrogens is 380 g/mol. The second-order valence-electron chi connectivity index (χ2n) is 11.0. The molecule has 4 rings (SSSR count). The van der Waals surface area contributed by atoms with Gasteiger partial charge in [-0.1, -0.05) is 61.4 Å². The Kier molecular flexibility index (Phi) is 6.79. The van der Waals surface area contributed by atoms with Crippen LogP contribution < -0.4 is 0 Å². The molecule has 0 aromatic rings. The molecule has 31 heavy (non-hydrogen) atoms. The van der Waals surface area contributed by atoms with Crippen molar-refractivity contribution < 1.29 is 10.2 Å². The molecule has 0 aromatic carbocycles. The number of aliphatic hydroxyl groups is 2. The second kappa shape index (κ2) is 9.24. The van der Waals surface area contributed by atoms with Gasteiger partial charge in [0.25, 0.3) is 0 Å². The minimum Gasteiger partial charge on any atom is -0.393 e. The zero-order chi connectivity index (χ0) is 22.2. The molecule has 4 aliphatic carbocycles. The molecular formula is C29H42O2. The lowest BCUT2D eigenvalue weighted by Crippen LogP contribution is -2.35. The first-order valence-electron chi connectivity index (χ1n) is 12.6. The van der Waals surface area contributed by atoms with Crippen LogP contribution in [-0.2, 0) is 0 Å². The summed E-state index contributed by atoms with van der Waals surface area (Å²) in [6.45, 7) is 11.3. The molecule has 2 nitrogen and oxygen atoms in total. The molecule has 6 atom stereocenters. The molecule has 4 aliphatic rings. The van der Waals surface area contributed by atoms with Gasteiger partial charge in [0.15, 0.2) is 0 Å². The third-order valence-electron chi connectivity index (χ3n) is 9.10. The van der Waals surface area contributed by atoms with Crippen molar-refractivity contribution in [1.82, 2.24) is 0 Å². The van der Waals surface area contributed by atoms with Crippen LogP contribution >= 0.6 is 0 Å². The summed E-state index contributed by atoms with van der Waals surface area (Å²) in [7, 11) is 0. The Morgan fingerprint density at radius 3 is 2.61 bits per heavy atom. The molecule has 4 saturated carbocycles. The molecule has 2 heteroatoms. The van der Waals surface area contributed by atoms with Gasteiger partial charge in [-0.3, -0.25) is 0 Å². The van der Waals surface area contributed by atoms with E-state index in [0.717, 1.165) is 17.1 Å². The van der Waals surface area contributed by atoms with Gasteiger partial charge in [0, 0.05) is 6.42 Å². The van der Waals surface area contributed by atoms with E-state index in [9.17, 15) is 10.2 Å². The monoisotopic (exact) mass is 422 g/mol. The van der Waals surface area contributed by atoms with Gasteiger partial charge in [-0.25, -0.2) is 0 Å². The van der Waals surface area contributed by atoms with Crippen molar-refractivity contribution in [2.45, 2.75) is 97.2 Å². The summed E-state index contributed by atoms with van der Waals surface area (Å²) < 4.78 is 0. The summed E-state index contributed by atoms with van der Waals surface area (Å²) in [6.07, 6.45) is 19.7. The average Bonchev–Trinajstić information content (AvgIpc) is 3.04. The lowest BCUT2D eigenvalue weighted by molar-refractivity contribution is 0.0862. The van der Waals surface area contributed by atoms with E-state index in [1.807, 2.05) is 0 Å². The lowest BCUT2D eigenvalue weighted by Gasteiger charge is -2.44. The third-order valence-corrected chi connectivity index (χ3v) is 9.10. The van der Waals surface area contributed by atoms with Crippen LogP contribution in [0.25, 0.3) is 0 Å². The van der Waals surface area contributed by atoms with Crippen molar-refractivity contribution in [1.29, 1.82) is 0 Å². The van der Waals surface area contributed by atoms with Crippen molar-refractivity contribution in [2.75, 3.05) is 0 Å². The Morgan fingerprint density at radius 1 is 1.13 bits per heavy atom. The molecule has 4 fully saturated rings. The normalized spacial score (nSPS) is 39.8. The number of rotatable bonds is 4. The molecule has 170 valence electrons. The minimum absolute atomic E-state index is 0.381. The van der Waals surface area contributed by atoms with Gasteiger partial charge in [-0.05, 0) is 99.0 Å². The standard InChI is InChI=1S/C29H42O2/c1-19(22-7-5-8-22)10-11-20(2)26-14-15-27-23(9-6-16-29(26,27)4)12-13-24-17-25(30)18-28(31)21(24)3/h10-13,20,25-28,30-31H,3,5-9,14-18H2,1-2,4H3/b11-10+,23-12+,24-13-/t20-,25-,26-,27+,28+,29-/m1/s1. The summed E-state index contributed by atoms with van der Waals surface area (Å²) in [4.78, 5) is 0. The molecule has 0 saturated heterocycles. The highest BCUT2D eigenvalue weighted by molar-refractivity contribution is 5.38. The maximum absolute atomic E-state index is 10.2. The predicted molar refractivity (Wildman–Crippen MR) is 130 cm³/mol. The van der Waals surface area contributed by atoms with Crippen molar-refractivity contribution in [2.24, 2.45) is 23.2 Å². The maximum Gasteiger partial charge on any atom is 0.0811 e. The van der Waals surface area contributed by atoms with Gasteiger partial charge in [0.1, 0.15) is 0 Å². The molecule has 0 radical (unpaired) electrons. The van der Waals surface area contributed by atoms with Crippen LogP contribution in [0.15, 0.2) is 58.7 Å². The first kappa shape index (κ1) is 22.8. The first-order chi connectivity index (χ1) is 14.8. The van der Waals surface area contributed by atoms with E-state index in [-0.39, 0.29) is 0 Å². The highest BCUT2D eigenvalue weighted by Gasteiger charge is 2.50. The molecule has 0 spiro atoms. The maximum atomic E-state index is 10.2. The summed E-state index contributed by atoms with van der Waals surface area (Å²) >= 11 is 0. The molecule has 0 heterocycles. The van der Waals surface area contributed by atoms with Gasteiger partial charge in [-0.2, -0.15) is 0 Å². The average molecular weight is 423 g/mol. The zero-order valence-electron chi connectivity index (χ0n) is 19.9. The highest BCUT2D eigenvalue weighted by atomic mass is 16.3. The number of allylic oxidation sites excluding steroid dienone is 7. The Hall–Kier alpha value is -1.38. The second-order valence-corrected chi connectivity index (χ2v) is 11.0. The lowest BCUT2D eigenvalue weighted by atomic mass is 9.61. The molecule has 2 N–H and O–H groups in total. The minimum atomic E-state index is -0.605. The number of hydrogen-bond acceptors (Lipinski definition) is 2. The SMILES string of the molecule is C=C1/C(=C\C=C2/CCC[C@]3(C)[C@@H]([C@H](C)/C=C/C(C)=C4CCC4)CC[C@@H]23)C[C@@H](O)C[C@@H]1O. The van der Waals surface area contributed by atoms with E-state index in [4.69, 9.17) is 0 Å². The summed E-state index contributed by atoms with van der Waals surface area (Å²) in [5.41, 5.74) is 6.94. The van der Waals surface area contributed by atoms with E-state index in [1.54, 1.807) is 11.1 Å². The number of aliphatic hydroxyl groups excluding tert-OH is 2. The van der Waals surface area contributed by atoms with Crippen LogP contribution in [0.5, 0.6) is 0 Å². The van der Waals surface area contributed by atoms with Crippen molar-refractivity contribution in [3.8, 4) is 0 Å². The largest absolute Gasteiger partial charge is 0.393 e. The molecule has 0 aromatic heterocycles. The van der Waals surface area contributed by atoms with Crippen molar-refractivity contribution in [3.05, 3.63) is 58.7 Å². The highest BCUT2D eigenvalue weighted by Crippen LogP contribution is 2.59. The Labute approximate surface area is 189 Å². The molecule has 0 unspecified atom stereocenters. The van der Waals surface area contributed by atoms with E-state index < -0.39 is 12.2 Å². The van der Waals surface area contributed by atoms with Gasteiger partial charge >= 0.3 is 0 Å². The van der Waals surface area contributed by atoms with E-state index in [0.29, 0.717) is 30.1 Å². The quantitative estimate of drug-likeness (QED) is 0.522. The molecule has 0 amide bonds. The first-order valence-corrected chi connectivity index (χ1v) is 12.6. The van der Waals surface area contributed by atoms with E-state index in [2.05, 4.69) is 51.7 Å². The fourth-order valence-electron chi connectivity index (χ4n) is 6.90. The van der Waals surface area contributed by atoms with Crippen LogP contribution in [0.1, 0.15) is 85.0 Å². The number of hydrogen-bond donors (Lipinski definition) is 2. The summed E-state index contributed by atoms with van der Waals surface area (Å²) in [6, 6.07) is 0. The van der Waals surface area contributed by atoms with Crippen LogP contribution in [0.3, 0.4) is 0 Å². The van der Waals surface area contributed by atoms with E-state index in [1.165, 1.54) is 56.9 Å². The molecule has 0 aliphatic heterocycles. The van der Waals surface area contributed by atoms with E-state index >= 15 is 0 Å². The van der Waals surface area contributed by atoms with Crippen molar-refractivity contribution in [3.63, 3.8) is 0 Å². The van der Waals surface area contributed by atoms with Gasteiger partial charge in [-0.15, -0.1) is 0 Å². The smallest absolute Gasteiger partial charge is 0.0811 e. The topological polar surface area (TPSA) is 40.5 Å². The Morgan fingerprint density at radius 2 is 1.90 bits per heavy atom. The van der Waals surface area contributed by atoms with Crippen molar-refractivity contribution >= 4 is 0 Å². The van der Waals surface area contributed by atoms with Crippen LogP contribution in [0, 0.1) is 23.2 Å². The third kappa shape index (κ3) is 4.57. The predicted octanol–water partition coefficient (Wildman–Crippen LogP) is 6.82. The van der Waals surface area contributed by atoms with Crippen LogP contribution in [0.4, 0.5) is 0 Å². The zero-order valence-corrected chi connectivity index (χ0v) is 19.9. The summed E-state index contributed by atoms with van der Waals surface area (Å²) in [5, 5.41) is 20.2. The fourth-order valence-corrected chi connectivity index (χ4v) is 6.90. The summed E-state index contributed by atoms with van der Waals surface area (Å²) in [5.74, 6) is 2.03. The number of fused-ring (bicyclic) bond motifs is 1. The van der Waals surface area contributed by atoms with Crippen LogP contribution in [-0.4, -0.2) is 22.4 Å². The van der Waals surface area contributed by atoms with Gasteiger partial charge in [0.2, 0.25) is 0 Å². The van der Waals surface area contributed by atoms with Crippen LogP contribution in [0.2, 0.25) is 0 Å². The Bertz CT molecular complexity index is 820.